The number of carboxylic acid groups (broad SMARTS) is 1. The fourth-order valence-corrected chi connectivity index (χ4v) is 2.37. The molecule has 122 valence electrons. The largest absolute Gasteiger partial charge is 0.548 e. The van der Waals surface area contributed by atoms with Crippen LogP contribution in [0.3, 0.4) is 0 Å². The van der Waals surface area contributed by atoms with E-state index in [9.17, 15) is 14.7 Å². The summed E-state index contributed by atoms with van der Waals surface area (Å²) in [5.74, 6) is -1.13. The van der Waals surface area contributed by atoms with Crippen molar-refractivity contribution in [2.45, 2.75) is 10.9 Å². The van der Waals surface area contributed by atoms with E-state index in [1.807, 2.05) is 12.1 Å². The molecule has 8 nitrogen and oxygen atoms in total. The van der Waals surface area contributed by atoms with E-state index in [0.29, 0.717) is 15.9 Å². The number of ether oxygens (including phenoxy) is 1. The number of hydrogen-bond donors (Lipinski definition) is 2. The second-order valence-electron chi connectivity index (χ2n) is 4.29. The Hall–Kier alpha value is -2.10. The highest BCUT2D eigenvalue weighted by Crippen LogP contribution is 2.21. The monoisotopic (exact) mass is 355 g/mol. The van der Waals surface area contributed by atoms with Gasteiger partial charge in [-0.25, -0.2) is 5.10 Å². The number of carbonyl (C=O) groups excluding carboxylic acids is 2. The second-order valence-corrected chi connectivity index (χ2v) is 5.67. The number of aliphatic carboxylic acids is 1. The standard InChI is InChI=1S/C13H13ClN4O4S/c14-9-3-1-8(2-4-9)7-23-13-16-12(17-18-13)15-10(19)5-22-6-11(20)21/h1-4H,5-7H2,(H,20,21)(H2,15,16,17,18,19)/p-1. The SMILES string of the molecule is O=C([O-])COCC(=O)Nc1nc(SCc2ccc(Cl)cc2)n[nH]1. The van der Waals surface area contributed by atoms with Crippen molar-refractivity contribution < 1.29 is 19.4 Å². The zero-order valence-electron chi connectivity index (χ0n) is 11.7. The number of hydrogen-bond acceptors (Lipinski definition) is 7. The van der Waals surface area contributed by atoms with Gasteiger partial charge in [-0.1, -0.05) is 35.5 Å². The first-order valence-corrected chi connectivity index (χ1v) is 7.76. The van der Waals surface area contributed by atoms with Crippen molar-refractivity contribution in [3.05, 3.63) is 34.9 Å². The van der Waals surface area contributed by atoms with Crippen molar-refractivity contribution in [2.75, 3.05) is 18.5 Å². The molecule has 1 amide bonds. The lowest BCUT2D eigenvalue weighted by atomic mass is 10.2. The number of thioether (sulfide) groups is 1. The second kappa shape index (κ2) is 8.51. The summed E-state index contributed by atoms with van der Waals surface area (Å²) < 4.78 is 4.60. The van der Waals surface area contributed by atoms with Crippen LogP contribution >= 0.6 is 23.4 Å². The van der Waals surface area contributed by atoms with E-state index in [2.05, 4.69) is 25.2 Å². The lowest BCUT2D eigenvalue weighted by molar-refractivity contribution is -0.309. The lowest BCUT2D eigenvalue weighted by Crippen LogP contribution is -2.29. The average Bonchev–Trinajstić information content (AvgIpc) is 2.93. The molecule has 0 atom stereocenters. The number of nitrogens with one attached hydrogen (secondary N) is 2. The summed E-state index contributed by atoms with van der Waals surface area (Å²) in [5.41, 5.74) is 1.06. The van der Waals surface area contributed by atoms with E-state index in [-0.39, 0.29) is 5.95 Å². The van der Waals surface area contributed by atoms with Crippen LogP contribution in [-0.2, 0) is 20.1 Å². The van der Waals surface area contributed by atoms with Crippen LogP contribution in [0.25, 0.3) is 0 Å². The molecule has 1 aromatic heterocycles. The van der Waals surface area contributed by atoms with Crippen molar-refractivity contribution in [1.82, 2.24) is 15.2 Å². The first-order valence-electron chi connectivity index (χ1n) is 6.40. The van der Waals surface area contributed by atoms with E-state index in [0.717, 1.165) is 5.56 Å². The number of nitrogens with zero attached hydrogens (tertiary/aromatic N) is 2. The summed E-state index contributed by atoms with van der Waals surface area (Å²) in [6, 6.07) is 7.40. The molecule has 0 fully saturated rings. The number of halogens is 1. The normalized spacial score (nSPS) is 10.5. The van der Waals surface area contributed by atoms with E-state index in [4.69, 9.17) is 11.6 Å². The molecule has 0 aliphatic carbocycles. The van der Waals surface area contributed by atoms with E-state index in [1.165, 1.54) is 11.8 Å². The van der Waals surface area contributed by atoms with Gasteiger partial charge in [-0.15, -0.1) is 5.10 Å². The van der Waals surface area contributed by atoms with Crippen molar-refractivity contribution in [2.24, 2.45) is 0 Å². The lowest BCUT2D eigenvalue weighted by Gasteiger charge is -2.03. The predicted octanol–water partition coefficient (Wildman–Crippen LogP) is 0.455. The Morgan fingerprint density at radius 3 is 2.74 bits per heavy atom. The van der Waals surface area contributed by atoms with Crippen molar-refractivity contribution >= 4 is 41.2 Å². The molecule has 2 aromatic rings. The number of rotatable bonds is 8. The van der Waals surface area contributed by atoms with Crippen LogP contribution in [0.15, 0.2) is 29.4 Å². The Bertz CT molecular complexity index is 677. The molecule has 0 aliphatic heterocycles. The summed E-state index contributed by atoms with van der Waals surface area (Å²) in [6.07, 6.45) is 0. The highest BCUT2D eigenvalue weighted by Gasteiger charge is 2.08. The maximum atomic E-state index is 11.5. The minimum atomic E-state index is -1.39. The van der Waals surface area contributed by atoms with Crippen LogP contribution in [-0.4, -0.2) is 40.3 Å². The Morgan fingerprint density at radius 1 is 1.30 bits per heavy atom. The molecule has 0 saturated heterocycles. The number of carbonyl (C=O) groups is 2. The number of anilines is 1. The molecule has 1 heterocycles. The molecule has 2 N–H and O–H groups in total. The first kappa shape index (κ1) is 17.3. The van der Waals surface area contributed by atoms with Gasteiger partial charge >= 0.3 is 0 Å². The zero-order valence-corrected chi connectivity index (χ0v) is 13.3. The fourth-order valence-electron chi connectivity index (χ4n) is 1.49. The smallest absolute Gasteiger partial charge is 0.252 e. The Kier molecular flexibility index (Phi) is 6.39. The summed E-state index contributed by atoms with van der Waals surface area (Å²) >= 11 is 7.20. The molecule has 1 aromatic carbocycles. The molecule has 0 radical (unpaired) electrons. The average molecular weight is 356 g/mol. The zero-order chi connectivity index (χ0) is 16.7. The first-order chi connectivity index (χ1) is 11.0. The van der Waals surface area contributed by atoms with Gasteiger partial charge in [-0.3, -0.25) is 10.1 Å². The number of carboxylic acids is 1. The van der Waals surface area contributed by atoms with E-state index < -0.39 is 25.1 Å². The van der Waals surface area contributed by atoms with Crippen LogP contribution in [0, 0.1) is 0 Å². The van der Waals surface area contributed by atoms with E-state index in [1.54, 1.807) is 12.1 Å². The van der Waals surface area contributed by atoms with Gasteiger partial charge in [0.15, 0.2) is 0 Å². The maximum absolute atomic E-state index is 11.5. The van der Waals surface area contributed by atoms with Crippen LogP contribution < -0.4 is 10.4 Å². The van der Waals surface area contributed by atoms with Crippen LogP contribution in [0.5, 0.6) is 0 Å². The fraction of sp³-hybridized carbons (Fsp3) is 0.231. The van der Waals surface area contributed by atoms with Crippen molar-refractivity contribution in [3.63, 3.8) is 0 Å². The molecular weight excluding hydrogens is 344 g/mol. The molecule has 2 rings (SSSR count). The van der Waals surface area contributed by atoms with Crippen molar-refractivity contribution in [1.29, 1.82) is 0 Å². The maximum Gasteiger partial charge on any atom is 0.252 e. The molecule has 0 spiro atoms. The Balaban J connectivity index is 1.77. The van der Waals surface area contributed by atoms with Crippen LogP contribution in [0.1, 0.15) is 5.56 Å². The summed E-state index contributed by atoms with van der Waals surface area (Å²) in [7, 11) is 0. The Morgan fingerprint density at radius 2 is 2.04 bits per heavy atom. The number of aromatic nitrogens is 3. The third-order valence-corrected chi connectivity index (χ3v) is 3.63. The van der Waals surface area contributed by atoms with Crippen molar-refractivity contribution in [3.8, 4) is 0 Å². The van der Waals surface area contributed by atoms with Gasteiger partial charge in [0.05, 0.1) is 12.6 Å². The number of amides is 1. The molecule has 0 bridgehead atoms. The molecule has 23 heavy (non-hydrogen) atoms. The van der Waals surface area contributed by atoms with Crippen LogP contribution in [0.2, 0.25) is 5.02 Å². The minimum Gasteiger partial charge on any atom is -0.548 e. The Labute approximate surface area is 140 Å². The van der Waals surface area contributed by atoms with Gasteiger partial charge in [0, 0.05) is 10.8 Å². The van der Waals surface area contributed by atoms with Gasteiger partial charge in [-0.05, 0) is 17.7 Å². The van der Waals surface area contributed by atoms with E-state index >= 15 is 0 Å². The molecule has 0 saturated carbocycles. The summed E-state index contributed by atoms with van der Waals surface area (Å²) in [4.78, 5) is 25.7. The predicted molar refractivity (Wildman–Crippen MR) is 81.9 cm³/mol. The molecule has 0 unspecified atom stereocenters. The molecular formula is C13H12ClN4O4S-. The van der Waals surface area contributed by atoms with Gasteiger partial charge in [-0.2, -0.15) is 4.98 Å². The van der Waals surface area contributed by atoms with Gasteiger partial charge < -0.3 is 14.6 Å². The van der Waals surface area contributed by atoms with Gasteiger partial charge in [0.2, 0.25) is 11.1 Å². The number of benzene rings is 1. The van der Waals surface area contributed by atoms with Gasteiger partial charge in [0.1, 0.15) is 6.61 Å². The van der Waals surface area contributed by atoms with Gasteiger partial charge in [0.25, 0.3) is 5.91 Å². The minimum absolute atomic E-state index is 0.158. The third-order valence-electron chi connectivity index (χ3n) is 2.46. The highest BCUT2D eigenvalue weighted by atomic mass is 35.5. The topological polar surface area (TPSA) is 120 Å². The summed E-state index contributed by atoms with van der Waals surface area (Å²) in [6.45, 7) is -1.06. The third kappa shape index (κ3) is 6.27. The highest BCUT2D eigenvalue weighted by molar-refractivity contribution is 7.98. The molecule has 0 aliphatic rings. The van der Waals surface area contributed by atoms with Crippen LogP contribution in [0.4, 0.5) is 5.95 Å². The number of aromatic amines is 1. The summed E-state index contributed by atoms with van der Waals surface area (Å²) in [5, 5.41) is 20.2. The quantitative estimate of drug-likeness (QED) is 0.660. The number of H-pyrrole nitrogens is 1. The molecule has 10 heteroatoms.